The number of fused-ring (bicyclic) bond motifs is 1. The number of likely N-dealkylation sites (N-methyl/N-ethyl adjacent to an activating group) is 1. The number of methoxy groups -OCH3 is 1. The summed E-state index contributed by atoms with van der Waals surface area (Å²) in [5.41, 5.74) is 4.24. The summed E-state index contributed by atoms with van der Waals surface area (Å²) in [7, 11) is 3.64. The Morgan fingerprint density at radius 1 is 1.42 bits per heavy atom. The first-order valence-corrected chi connectivity index (χ1v) is 6.31. The molecular formula is C14H17N3O2. The molecule has 1 aromatic carbocycles. The second-order valence-electron chi connectivity index (χ2n) is 4.90. The van der Waals surface area contributed by atoms with E-state index in [1.54, 1.807) is 19.2 Å². The van der Waals surface area contributed by atoms with Crippen molar-refractivity contribution in [2.45, 2.75) is 13.0 Å². The van der Waals surface area contributed by atoms with Gasteiger partial charge in [-0.2, -0.15) is 5.10 Å². The van der Waals surface area contributed by atoms with Gasteiger partial charge in [0.25, 0.3) is 0 Å². The number of aromatic nitrogens is 2. The average molecular weight is 259 g/mol. The van der Waals surface area contributed by atoms with Crippen LogP contribution in [0.15, 0.2) is 18.2 Å². The quantitative estimate of drug-likeness (QED) is 0.863. The van der Waals surface area contributed by atoms with Gasteiger partial charge >= 0.3 is 0 Å². The number of benzene rings is 1. The van der Waals surface area contributed by atoms with Crippen LogP contribution < -0.4 is 4.74 Å². The highest BCUT2D eigenvalue weighted by Crippen LogP contribution is 2.33. The maximum absolute atomic E-state index is 9.87. The lowest BCUT2D eigenvalue weighted by Gasteiger charge is -2.22. The number of phenolic OH excluding ortho intramolecular Hbond substituents is 1. The summed E-state index contributed by atoms with van der Waals surface area (Å²) in [6.07, 6.45) is 0.987. The van der Waals surface area contributed by atoms with Crippen LogP contribution in [0.5, 0.6) is 11.5 Å². The average Bonchev–Trinajstić information content (AvgIpc) is 2.81. The van der Waals surface area contributed by atoms with E-state index in [9.17, 15) is 5.11 Å². The summed E-state index contributed by atoms with van der Waals surface area (Å²) in [6.45, 7) is 1.93. The van der Waals surface area contributed by atoms with Gasteiger partial charge in [-0.15, -0.1) is 0 Å². The molecule has 2 N–H and O–H groups in total. The van der Waals surface area contributed by atoms with E-state index in [1.807, 2.05) is 6.07 Å². The van der Waals surface area contributed by atoms with Crippen molar-refractivity contribution in [3.63, 3.8) is 0 Å². The van der Waals surface area contributed by atoms with Crippen LogP contribution in [-0.2, 0) is 13.0 Å². The zero-order valence-electron chi connectivity index (χ0n) is 11.1. The zero-order chi connectivity index (χ0) is 13.4. The summed E-state index contributed by atoms with van der Waals surface area (Å²) in [4.78, 5) is 2.27. The van der Waals surface area contributed by atoms with E-state index in [0.29, 0.717) is 5.75 Å². The van der Waals surface area contributed by atoms with E-state index in [1.165, 1.54) is 11.3 Å². The van der Waals surface area contributed by atoms with Crippen molar-refractivity contribution < 1.29 is 9.84 Å². The first kappa shape index (κ1) is 12.0. The standard InChI is InChI=1S/C14H17N3O2/c1-17-6-5-11-10(8-17)14(16-15-11)9-3-4-13(19-2)12(18)7-9/h3-4,7,18H,5-6,8H2,1-2H3,(H,15,16). The Bertz CT molecular complexity index is 607. The Labute approximate surface area is 111 Å². The number of hydrogen-bond donors (Lipinski definition) is 2. The van der Waals surface area contributed by atoms with E-state index in [2.05, 4.69) is 22.1 Å². The van der Waals surface area contributed by atoms with Crippen LogP contribution in [-0.4, -0.2) is 40.9 Å². The SMILES string of the molecule is COc1ccc(-c2n[nH]c3c2CN(C)CC3)cc1O. The molecule has 5 heteroatoms. The van der Waals surface area contributed by atoms with E-state index >= 15 is 0 Å². The monoisotopic (exact) mass is 259 g/mol. The molecule has 2 aromatic rings. The van der Waals surface area contributed by atoms with Crippen LogP contribution >= 0.6 is 0 Å². The van der Waals surface area contributed by atoms with Crippen molar-refractivity contribution in [2.75, 3.05) is 20.7 Å². The fraction of sp³-hybridized carbons (Fsp3) is 0.357. The Morgan fingerprint density at radius 2 is 2.26 bits per heavy atom. The molecule has 1 aliphatic heterocycles. The molecule has 100 valence electrons. The third kappa shape index (κ3) is 2.06. The smallest absolute Gasteiger partial charge is 0.160 e. The highest BCUT2D eigenvalue weighted by molar-refractivity contribution is 5.67. The van der Waals surface area contributed by atoms with E-state index < -0.39 is 0 Å². The van der Waals surface area contributed by atoms with Gasteiger partial charge in [-0.25, -0.2) is 0 Å². The highest BCUT2D eigenvalue weighted by atomic mass is 16.5. The molecule has 0 aliphatic carbocycles. The second kappa shape index (κ2) is 4.59. The van der Waals surface area contributed by atoms with Gasteiger partial charge in [-0.1, -0.05) is 0 Å². The number of aromatic hydroxyl groups is 1. The highest BCUT2D eigenvalue weighted by Gasteiger charge is 2.21. The molecular weight excluding hydrogens is 242 g/mol. The Hall–Kier alpha value is -2.01. The van der Waals surface area contributed by atoms with Crippen molar-refractivity contribution in [1.82, 2.24) is 15.1 Å². The summed E-state index contributed by atoms with van der Waals surface area (Å²) >= 11 is 0. The molecule has 0 spiro atoms. The van der Waals surface area contributed by atoms with Crippen molar-refractivity contribution in [3.05, 3.63) is 29.5 Å². The molecule has 1 aliphatic rings. The van der Waals surface area contributed by atoms with Gasteiger partial charge in [0, 0.05) is 36.3 Å². The first-order chi connectivity index (χ1) is 9.19. The van der Waals surface area contributed by atoms with Gasteiger partial charge in [-0.05, 0) is 25.2 Å². The van der Waals surface area contributed by atoms with Gasteiger partial charge in [0.2, 0.25) is 0 Å². The maximum atomic E-state index is 9.87. The van der Waals surface area contributed by atoms with Crippen LogP contribution in [0.25, 0.3) is 11.3 Å². The van der Waals surface area contributed by atoms with Crippen LogP contribution in [0, 0.1) is 0 Å². The first-order valence-electron chi connectivity index (χ1n) is 6.31. The Kier molecular flexibility index (Phi) is 2.91. The van der Waals surface area contributed by atoms with Gasteiger partial charge in [-0.3, -0.25) is 5.10 Å². The van der Waals surface area contributed by atoms with Gasteiger partial charge in [0.05, 0.1) is 12.8 Å². The van der Waals surface area contributed by atoms with Crippen molar-refractivity contribution in [1.29, 1.82) is 0 Å². The Morgan fingerprint density at radius 3 is 3.00 bits per heavy atom. The molecule has 0 atom stereocenters. The van der Waals surface area contributed by atoms with Crippen molar-refractivity contribution in [3.8, 4) is 22.8 Å². The lowest BCUT2D eigenvalue weighted by atomic mass is 10.0. The van der Waals surface area contributed by atoms with Crippen LogP contribution in [0.2, 0.25) is 0 Å². The maximum Gasteiger partial charge on any atom is 0.160 e. The summed E-state index contributed by atoms with van der Waals surface area (Å²) in [5, 5.41) is 17.4. The molecule has 19 heavy (non-hydrogen) atoms. The minimum Gasteiger partial charge on any atom is -0.504 e. The number of ether oxygens (including phenoxy) is 1. The number of rotatable bonds is 2. The summed E-state index contributed by atoms with van der Waals surface area (Å²) in [6, 6.07) is 5.38. The van der Waals surface area contributed by atoms with Crippen molar-refractivity contribution >= 4 is 0 Å². The predicted octanol–water partition coefficient (Wildman–Crippen LogP) is 1.78. The number of hydrogen-bond acceptors (Lipinski definition) is 4. The largest absolute Gasteiger partial charge is 0.504 e. The fourth-order valence-electron chi connectivity index (χ4n) is 2.51. The number of phenols is 1. The predicted molar refractivity (Wildman–Crippen MR) is 72.3 cm³/mol. The minimum atomic E-state index is 0.140. The third-order valence-corrected chi connectivity index (χ3v) is 3.58. The van der Waals surface area contributed by atoms with E-state index in [0.717, 1.165) is 30.8 Å². The molecule has 1 aromatic heterocycles. The molecule has 0 bridgehead atoms. The molecule has 0 saturated carbocycles. The number of nitrogens with zero attached hydrogens (tertiary/aromatic N) is 2. The number of H-pyrrole nitrogens is 1. The lowest BCUT2D eigenvalue weighted by molar-refractivity contribution is 0.312. The molecule has 0 radical (unpaired) electrons. The third-order valence-electron chi connectivity index (χ3n) is 3.58. The molecule has 0 unspecified atom stereocenters. The van der Waals surface area contributed by atoms with E-state index in [-0.39, 0.29) is 5.75 Å². The summed E-state index contributed by atoms with van der Waals surface area (Å²) < 4.78 is 5.06. The van der Waals surface area contributed by atoms with E-state index in [4.69, 9.17) is 4.74 Å². The van der Waals surface area contributed by atoms with Crippen LogP contribution in [0.4, 0.5) is 0 Å². The van der Waals surface area contributed by atoms with Crippen LogP contribution in [0.3, 0.4) is 0 Å². The van der Waals surface area contributed by atoms with Gasteiger partial charge < -0.3 is 14.7 Å². The number of aromatic amines is 1. The van der Waals surface area contributed by atoms with Gasteiger partial charge in [0.15, 0.2) is 11.5 Å². The van der Waals surface area contributed by atoms with Gasteiger partial charge in [0.1, 0.15) is 0 Å². The van der Waals surface area contributed by atoms with Crippen molar-refractivity contribution in [2.24, 2.45) is 0 Å². The summed E-state index contributed by atoms with van der Waals surface area (Å²) in [5.74, 6) is 0.617. The number of nitrogens with one attached hydrogen (secondary N) is 1. The minimum absolute atomic E-state index is 0.140. The Balaban J connectivity index is 2.03. The van der Waals surface area contributed by atoms with Crippen LogP contribution in [0.1, 0.15) is 11.3 Å². The molecule has 2 heterocycles. The topological polar surface area (TPSA) is 61.4 Å². The molecule has 3 rings (SSSR count). The normalized spacial score (nSPS) is 15.3. The lowest BCUT2D eigenvalue weighted by Crippen LogP contribution is -2.26. The molecule has 0 fully saturated rings. The fourth-order valence-corrected chi connectivity index (χ4v) is 2.51. The second-order valence-corrected chi connectivity index (χ2v) is 4.90. The molecule has 5 nitrogen and oxygen atoms in total. The molecule has 0 amide bonds. The molecule has 0 saturated heterocycles. The zero-order valence-corrected chi connectivity index (χ0v) is 11.1.